The molecule has 1 aromatic carbocycles. The van der Waals surface area contributed by atoms with Crippen molar-refractivity contribution in [1.82, 2.24) is 4.72 Å². The molecule has 0 aliphatic rings. The number of aryl methyl sites for hydroxylation is 1. The minimum absolute atomic E-state index is 0.0728. The first-order valence-electron chi connectivity index (χ1n) is 6.48. The van der Waals surface area contributed by atoms with E-state index in [1.165, 1.54) is 4.90 Å². The number of hydrogen-bond acceptors (Lipinski definition) is 2. The fraction of sp³-hybridized carbons (Fsp3) is 0.571. The van der Waals surface area contributed by atoms with Crippen molar-refractivity contribution in [2.75, 3.05) is 27.2 Å². The van der Waals surface area contributed by atoms with Crippen molar-refractivity contribution in [2.24, 2.45) is 5.41 Å². The fourth-order valence-corrected chi connectivity index (χ4v) is 3.35. The second-order valence-electron chi connectivity index (χ2n) is 6.19. The summed E-state index contributed by atoms with van der Waals surface area (Å²) < 4.78 is 27.0. The molecule has 0 saturated heterocycles. The van der Waals surface area contributed by atoms with E-state index in [4.69, 9.17) is 0 Å². The van der Waals surface area contributed by atoms with Gasteiger partial charge in [0.05, 0.1) is 25.5 Å². The third kappa shape index (κ3) is 5.30. The molecular formula is C14H25N2O2S+. The third-order valence-corrected chi connectivity index (χ3v) is 4.32. The van der Waals surface area contributed by atoms with Crippen molar-refractivity contribution in [2.45, 2.75) is 25.7 Å². The summed E-state index contributed by atoms with van der Waals surface area (Å²) in [6.45, 7) is 7.42. The summed E-state index contributed by atoms with van der Waals surface area (Å²) in [5.74, 6) is 0. The van der Waals surface area contributed by atoms with Gasteiger partial charge in [-0.1, -0.05) is 31.5 Å². The van der Waals surface area contributed by atoms with Gasteiger partial charge in [-0.25, -0.2) is 13.1 Å². The molecule has 0 amide bonds. The summed E-state index contributed by atoms with van der Waals surface area (Å²) in [5.41, 5.74) is 0.979. The van der Waals surface area contributed by atoms with Crippen molar-refractivity contribution in [1.29, 1.82) is 0 Å². The Morgan fingerprint density at radius 3 is 2.16 bits per heavy atom. The standard InChI is InChI=1S/C14H24N2O2S/c1-12-6-8-13(9-7-12)19(17,18)15-10-14(2,3)11-16(4)5/h6-9,15H,10-11H2,1-5H3/p+1. The molecule has 5 heteroatoms. The Morgan fingerprint density at radius 2 is 1.68 bits per heavy atom. The maximum absolute atomic E-state index is 12.2. The van der Waals surface area contributed by atoms with Crippen molar-refractivity contribution in [3.05, 3.63) is 29.8 Å². The lowest BCUT2D eigenvalue weighted by Crippen LogP contribution is -3.07. The number of nitrogens with one attached hydrogen (secondary N) is 2. The summed E-state index contributed by atoms with van der Waals surface area (Å²) in [6, 6.07) is 6.90. The molecule has 4 nitrogen and oxygen atoms in total. The molecule has 0 aliphatic heterocycles. The maximum Gasteiger partial charge on any atom is 0.240 e. The van der Waals surface area contributed by atoms with E-state index in [1.807, 2.05) is 19.1 Å². The fourth-order valence-electron chi connectivity index (χ4n) is 2.11. The van der Waals surface area contributed by atoms with E-state index < -0.39 is 10.0 Å². The van der Waals surface area contributed by atoms with Crippen LogP contribution in [0.5, 0.6) is 0 Å². The van der Waals surface area contributed by atoms with E-state index in [0.29, 0.717) is 11.4 Å². The average molecular weight is 285 g/mol. The zero-order chi connectivity index (χ0) is 14.7. The maximum atomic E-state index is 12.2. The third-order valence-electron chi connectivity index (χ3n) is 2.90. The van der Waals surface area contributed by atoms with Crippen LogP contribution in [-0.4, -0.2) is 35.6 Å². The molecule has 0 bridgehead atoms. The Bertz CT molecular complexity index is 505. The van der Waals surface area contributed by atoms with Gasteiger partial charge in [-0.3, -0.25) is 0 Å². The van der Waals surface area contributed by atoms with E-state index >= 15 is 0 Å². The minimum Gasteiger partial charge on any atom is -0.339 e. The normalized spacial score (nSPS) is 12.9. The van der Waals surface area contributed by atoms with Crippen LogP contribution in [0.3, 0.4) is 0 Å². The number of quaternary nitrogens is 1. The molecule has 0 saturated carbocycles. The molecule has 0 unspecified atom stereocenters. The summed E-state index contributed by atoms with van der Waals surface area (Å²) >= 11 is 0. The van der Waals surface area contributed by atoms with Gasteiger partial charge in [0.2, 0.25) is 10.0 Å². The lowest BCUT2D eigenvalue weighted by Gasteiger charge is -2.26. The first-order chi connectivity index (χ1) is 8.62. The molecule has 0 atom stereocenters. The highest BCUT2D eigenvalue weighted by Crippen LogP contribution is 2.14. The predicted octanol–water partition coefficient (Wildman–Crippen LogP) is 0.444. The quantitative estimate of drug-likeness (QED) is 0.797. The van der Waals surface area contributed by atoms with Crippen molar-refractivity contribution in [3.63, 3.8) is 0 Å². The van der Waals surface area contributed by atoms with Gasteiger partial charge in [-0.2, -0.15) is 0 Å². The number of sulfonamides is 1. The van der Waals surface area contributed by atoms with Crippen LogP contribution in [0.4, 0.5) is 0 Å². The van der Waals surface area contributed by atoms with Gasteiger partial charge < -0.3 is 4.90 Å². The molecule has 2 N–H and O–H groups in total. The largest absolute Gasteiger partial charge is 0.339 e. The SMILES string of the molecule is Cc1ccc(S(=O)(=O)NCC(C)(C)C[NH+](C)C)cc1. The Hall–Kier alpha value is -0.910. The van der Waals surface area contributed by atoms with E-state index in [0.717, 1.165) is 12.1 Å². The number of benzene rings is 1. The van der Waals surface area contributed by atoms with E-state index in [1.54, 1.807) is 12.1 Å². The second kappa shape index (κ2) is 6.03. The molecular weight excluding hydrogens is 260 g/mol. The average Bonchev–Trinajstić information content (AvgIpc) is 2.26. The zero-order valence-corrected chi connectivity index (χ0v) is 13.3. The van der Waals surface area contributed by atoms with Crippen LogP contribution in [0.25, 0.3) is 0 Å². The summed E-state index contributed by atoms with van der Waals surface area (Å²) in [4.78, 5) is 1.63. The second-order valence-corrected chi connectivity index (χ2v) is 7.95. The van der Waals surface area contributed by atoms with Crippen molar-refractivity contribution >= 4 is 10.0 Å². The van der Waals surface area contributed by atoms with Crippen LogP contribution >= 0.6 is 0 Å². The smallest absolute Gasteiger partial charge is 0.240 e. The molecule has 108 valence electrons. The molecule has 1 aromatic rings. The minimum atomic E-state index is -3.41. The van der Waals surface area contributed by atoms with Crippen LogP contribution in [0.2, 0.25) is 0 Å². The Morgan fingerprint density at radius 1 is 1.16 bits per heavy atom. The molecule has 0 heterocycles. The van der Waals surface area contributed by atoms with Gasteiger partial charge in [0.25, 0.3) is 0 Å². The Kier molecular flexibility index (Phi) is 5.12. The summed E-state index contributed by atoms with van der Waals surface area (Å²) in [5, 5.41) is 0. The Labute approximate surface area is 116 Å². The van der Waals surface area contributed by atoms with Crippen LogP contribution in [0.15, 0.2) is 29.2 Å². The molecule has 0 fully saturated rings. The van der Waals surface area contributed by atoms with Gasteiger partial charge >= 0.3 is 0 Å². The molecule has 0 radical (unpaired) electrons. The van der Waals surface area contributed by atoms with Gasteiger partial charge in [-0.15, -0.1) is 0 Å². The highest BCUT2D eigenvalue weighted by Gasteiger charge is 2.24. The lowest BCUT2D eigenvalue weighted by atomic mass is 9.93. The zero-order valence-electron chi connectivity index (χ0n) is 12.4. The highest BCUT2D eigenvalue weighted by molar-refractivity contribution is 7.89. The van der Waals surface area contributed by atoms with Gasteiger partial charge in [0.15, 0.2) is 0 Å². The van der Waals surface area contributed by atoms with Gasteiger partial charge in [-0.05, 0) is 19.1 Å². The summed E-state index contributed by atoms with van der Waals surface area (Å²) in [6.07, 6.45) is 0. The molecule has 0 aliphatic carbocycles. The molecule has 19 heavy (non-hydrogen) atoms. The van der Waals surface area contributed by atoms with Crippen molar-refractivity contribution in [3.8, 4) is 0 Å². The highest BCUT2D eigenvalue weighted by atomic mass is 32.2. The van der Waals surface area contributed by atoms with Gasteiger partial charge in [0.1, 0.15) is 0 Å². The first kappa shape index (κ1) is 16.1. The monoisotopic (exact) mass is 285 g/mol. The van der Waals surface area contributed by atoms with Crippen LogP contribution in [0, 0.1) is 12.3 Å². The molecule has 0 spiro atoms. The predicted molar refractivity (Wildman–Crippen MR) is 77.8 cm³/mol. The first-order valence-corrected chi connectivity index (χ1v) is 7.96. The lowest BCUT2D eigenvalue weighted by molar-refractivity contribution is -0.865. The van der Waals surface area contributed by atoms with E-state index in [-0.39, 0.29) is 5.41 Å². The van der Waals surface area contributed by atoms with Gasteiger partial charge in [0, 0.05) is 12.0 Å². The van der Waals surface area contributed by atoms with E-state index in [9.17, 15) is 8.42 Å². The van der Waals surface area contributed by atoms with Crippen LogP contribution < -0.4 is 9.62 Å². The van der Waals surface area contributed by atoms with Crippen molar-refractivity contribution < 1.29 is 13.3 Å². The van der Waals surface area contributed by atoms with E-state index in [2.05, 4.69) is 32.7 Å². The number of hydrogen-bond donors (Lipinski definition) is 2. The van der Waals surface area contributed by atoms with Crippen LogP contribution in [-0.2, 0) is 10.0 Å². The topological polar surface area (TPSA) is 50.6 Å². The molecule has 0 aromatic heterocycles. The molecule has 1 rings (SSSR count). The summed E-state index contributed by atoms with van der Waals surface area (Å²) in [7, 11) is 0.726. The number of rotatable bonds is 6. The van der Waals surface area contributed by atoms with Crippen LogP contribution in [0.1, 0.15) is 19.4 Å². The Balaban J connectivity index is 2.73.